The fourth-order valence-electron chi connectivity index (χ4n) is 4.65. The van der Waals surface area contributed by atoms with Crippen molar-refractivity contribution in [1.82, 2.24) is 4.90 Å². The molecule has 0 saturated carbocycles. The molecule has 0 unspecified atom stereocenters. The number of ether oxygens (including phenoxy) is 2. The Morgan fingerprint density at radius 2 is 2.03 bits per heavy atom. The average Bonchev–Trinajstić information content (AvgIpc) is 3.42. The number of carbonyl (C=O) groups excluding carboxylic acids is 1. The van der Waals surface area contributed by atoms with Crippen molar-refractivity contribution < 1.29 is 19.4 Å². The molecule has 3 atom stereocenters. The van der Waals surface area contributed by atoms with Crippen molar-refractivity contribution in [1.29, 1.82) is 0 Å². The summed E-state index contributed by atoms with van der Waals surface area (Å²) in [6.07, 6.45) is 0.544. The summed E-state index contributed by atoms with van der Waals surface area (Å²) >= 11 is 12.8. The SMILES string of the molecule is O=C1OCCN1c1cccc(O[C@H]2c3cc(Cl)cc(Cl)c3C[C@H]2N2CC[C@@H](O)C2)c1. The fourth-order valence-corrected chi connectivity index (χ4v) is 5.23. The number of amides is 1. The van der Waals surface area contributed by atoms with Crippen LogP contribution in [0, 0.1) is 0 Å². The van der Waals surface area contributed by atoms with E-state index in [0.717, 1.165) is 36.2 Å². The van der Waals surface area contributed by atoms with Gasteiger partial charge in [0.25, 0.3) is 0 Å². The van der Waals surface area contributed by atoms with Crippen LogP contribution in [-0.4, -0.2) is 54.5 Å². The molecule has 1 aliphatic carbocycles. The molecule has 6 nitrogen and oxygen atoms in total. The van der Waals surface area contributed by atoms with Crippen LogP contribution in [0.15, 0.2) is 36.4 Å². The highest BCUT2D eigenvalue weighted by Gasteiger charge is 2.41. The van der Waals surface area contributed by atoms with E-state index < -0.39 is 0 Å². The number of aliphatic hydroxyl groups is 1. The molecular weight excluding hydrogens is 427 g/mol. The summed E-state index contributed by atoms with van der Waals surface area (Å²) in [6.45, 7) is 2.33. The molecule has 0 radical (unpaired) electrons. The molecule has 3 aliphatic rings. The van der Waals surface area contributed by atoms with E-state index in [1.54, 1.807) is 11.0 Å². The second kappa shape index (κ2) is 7.93. The molecule has 2 aromatic rings. The summed E-state index contributed by atoms with van der Waals surface area (Å²) in [7, 11) is 0. The van der Waals surface area contributed by atoms with Crippen LogP contribution in [0.2, 0.25) is 10.0 Å². The van der Waals surface area contributed by atoms with Gasteiger partial charge in [-0.15, -0.1) is 0 Å². The normalized spacial score (nSPS) is 26.2. The topological polar surface area (TPSA) is 62.2 Å². The predicted molar refractivity (Wildman–Crippen MR) is 115 cm³/mol. The fraction of sp³-hybridized carbons (Fsp3) is 0.409. The van der Waals surface area contributed by atoms with Gasteiger partial charge in [-0.3, -0.25) is 9.80 Å². The van der Waals surface area contributed by atoms with Gasteiger partial charge in [-0.05, 0) is 42.7 Å². The molecule has 1 amide bonds. The lowest BCUT2D eigenvalue weighted by Gasteiger charge is -2.30. The zero-order valence-electron chi connectivity index (χ0n) is 16.3. The van der Waals surface area contributed by atoms with E-state index >= 15 is 0 Å². The maximum absolute atomic E-state index is 11.9. The van der Waals surface area contributed by atoms with Crippen molar-refractivity contribution >= 4 is 35.0 Å². The highest BCUT2D eigenvalue weighted by molar-refractivity contribution is 6.35. The molecule has 30 heavy (non-hydrogen) atoms. The number of fused-ring (bicyclic) bond motifs is 1. The first-order chi connectivity index (χ1) is 14.5. The molecule has 2 aromatic carbocycles. The van der Waals surface area contributed by atoms with Crippen molar-refractivity contribution in [2.45, 2.75) is 31.1 Å². The Balaban J connectivity index is 1.47. The van der Waals surface area contributed by atoms with E-state index in [9.17, 15) is 9.90 Å². The van der Waals surface area contributed by atoms with Crippen molar-refractivity contribution in [3.05, 3.63) is 57.6 Å². The molecule has 1 N–H and O–H groups in total. The second-order valence-corrected chi connectivity index (χ2v) is 8.81. The lowest BCUT2D eigenvalue weighted by Crippen LogP contribution is -2.39. The third-order valence-corrected chi connectivity index (χ3v) is 6.64. The molecule has 8 heteroatoms. The van der Waals surface area contributed by atoms with Gasteiger partial charge in [0.2, 0.25) is 0 Å². The summed E-state index contributed by atoms with van der Waals surface area (Å²) in [5.41, 5.74) is 2.76. The summed E-state index contributed by atoms with van der Waals surface area (Å²) < 4.78 is 11.5. The van der Waals surface area contributed by atoms with Gasteiger partial charge < -0.3 is 14.6 Å². The Morgan fingerprint density at radius 1 is 1.17 bits per heavy atom. The first-order valence-electron chi connectivity index (χ1n) is 10.1. The minimum atomic E-state index is -0.346. The zero-order valence-corrected chi connectivity index (χ0v) is 17.8. The zero-order chi connectivity index (χ0) is 20.8. The maximum Gasteiger partial charge on any atom is 0.414 e. The van der Waals surface area contributed by atoms with E-state index in [1.165, 1.54) is 0 Å². The lowest BCUT2D eigenvalue weighted by atomic mass is 10.1. The van der Waals surface area contributed by atoms with E-state index in [1.807, 2.05) is 30.3 Å². The van der Waals surface area contributed by atoms with Crippen LogP contribution in [0.4, 0.5) is 10.5 Å². The van der Waals surface area contributed by atoms with Gasteiger partial charge in [-0.25, -0.2) is 4.79 Å². The second-order valence-electron chi connectivity index (χ2n) is 7.97. The summed E-state index contributed by atoms with van der Waals surface area (Å²) in [4.78, 5) is 15.8. The average molecular weight is 449 g/mol. The van der Waals surface area contributed by atoms with E-state index in [4.69, 9.17) is 32.7 Å². The molecule has 2 heterocycles. The number of cyclic esters (lactones) is 1. The van der Waals surface area contributed by atoms with Crippen LogP contribution in [-0.2, 0) is 11.2 Å². The Hall–Kier alpha value is -1.99. The minimum absolute atomic E-state index is 0.0496. The lowest BCUT2D eigenvalue weighted by molar-refractivity contribution is 0.0819. The van der Waals surface area contributed by atoms with Crippen LogP contribution >= 0.6 is 23.2 Å². The van der Waals surface area contributed by atoms with Gasteiger partial charge in [-0.2, -0.15) is 0 Å². The molecule has 158 valence electrons. The van der Waals surface area contributed by atoms with Gasteiger partial charge in [0, 0.05) is 34.8 Å². The number of likely N-dealkylation sites (tertiary alicyclic amines) is 1. The summed E-state index contributed by atoms with van der Waals surface area (Å²) in [5, 5.41) is 11.3. The number of nitrogens with zero attached hydrogens (tertiary/aromatic N) is 2. The molecule has 2 saturated heterocycles. The van der Waals surface area contributed by atoms with Crippen molar-refractivity contribution in [2.75, 3.05) is 31.1 Å². The molecule has 2 aliphatic heterocycles. The van der Waals surface area contributed by atoms with Crippen LogP contribution in [0.3, 0.4) is 0 Å². The van der Waals surface area contributed by atoms with Gasteiger partial charge in [0.05, 0.1) is 24.4 Å². The highest BCUT2D eigenvalue weighted by atomic mass is 35.5. The first-order valence-corrected chi connectivity index (χ1v) is 10.9. The van der Waals surface area contributed by atoms with Gasteiger partial charge in [0.1, 0.15) is 18.5 Å². The standard InChI is InChI=1S/C22H22Cl2N2O4/c23-13-8-18-17(19(24)9-13)11-20(25-5-4-15(27)12-25)21(18)30-16-3-1-2-14(10-16)26-6-7-29-22(26)28/h1-3,8-10,15,20-21,27H,4-7,11-12H2/t15-,20-,21+/m1/s1. The summed E-state index contributed by atoms with van der Waals surface area (Å²) in [5.74, 6) is 0.658. The van der Waals surface area contributed by atoms with Gasteiger partial charge in [-0.1, -0.05) is 29.3 Å². The monoisotopic (exact) mass is 448 g/mol. The number of rotatable bonds is 4. The number of hydrogen-bond acceptors (Lipinski definition) is 5. The van der Waals surface area contributed by atoms with Gasteiger partial charge in [0.15, 0.2) is 0 Å². The largest absolute Gasteiger partial charge is 0.484 e. The third kappa shape index (κ3) is 3.62. The molecule has 0 spiro atoms. The molecule has 0 aromatic heterocycles. The van der Waals surface area contributed by atoms with Crippen molar-refractivity contribution in [2.24, 2.45) is 0 Å². The Bertz CT molecular complexity index is 986. The van der Waals surface area contributed by atoms with Crippen LogP contribution in [0.1, 0.15) is 23.7 Å². The Labute approximate surface area is 184 Å². The smallest absolute Gasteiger partial charge is 0.414 e. The highest BCUT2D eigenvalue weighted by Crippen LogP contribution is 2.43. The maximum atomic E-state index is 11.9. The third-order valence-electron chi connectivity index (χ3n) is 6.08. The van der Waals surface area contributed by atoms with Crippen molar-refractivity contribution in [3.63, 3.8) is 0 Å². The van der Waals surface area contributed by atoms with Crippen LogP contribution in [0.25, 0.3) is 0 Å². The Morgan fingerprint density at radius 3 is 2.77 bits per heavy atom. The van der Waals surface area contributed by atoms with E-state index in [2.05, 4.69) is 4.90 Å². The number of β-amino-alcohol motifs (C(OH)–C–C–N with tert-alkyl or cyclic N) is 1. The van der Waals surface area contributed by atoms with E-state index in [-0.39, 0.29) is 24.3 Å². The minimum Gasteiger partial charge on any atom is -0.484 e. The number of benzene rings is 2. The molecular formula is C22H22Cl2N2O4. The molecule has 2 fully saturated rings. The number of anilines is 1. The van der Waals surface area contributed by atoms with Crippen LogP contribution < -0.4 is 9.64 Å². The molecule has 5 rings (SSSR count). The molecule has 0 bridgehead atoms. The van der Waals surface area contributed by atoms with Gasteiger partial charge >= 0.3 is 6.09 Å². The van der Waals surface area contributed by atoms with Crippen molar-refractivity contribution in [3.8, 4) is 5.75 Å². The predicted octanol–water partition coefficient (Wildman–Crippen LogP) is 4.06. The quantitative estimate of drug-likeness (QED) is 0.763. The number of aliphatic hydroxyl groups excluding tert-OH is 1. The number of halogens is 2. The number of carbonyl (C=O) groups is 1. The Kier molecular flexibility index (Phi) is 5.27. The van der Waals surface area contributed by atoms with E-state index in [0.29, 0.717) is 35.5 Å². The summed E-state index contributed by atoms with van der Waals surface area (Å²) in [6, 6.07) is 11.2. The first kappa shape index (κ1) is 19.9. The number of hydrogen-bond donors (Lipinski definition) is 1. The van der Waals surface area contributed by atoms with Crippen LogP contribution in [0.5, 0.6) is 5.75 Å².